The molecule has 7 heteroatoms. The summed E-state index contributed by atoms with van der Waals surface area (Å²) >= 11 is 0. The van der Waals surface area contributed by atoms with Crippen LogP contribution in [0.1, 0.15) is 51.9 Å². The number of anilines is 1. The third-order valence-corrected chi connectivity index (χ3v) is 3.54. The number of hydrogen-bond donors (Lipinski definition) is 1. The number of carbonyl (C=O) groups is 3. The van der Waals surface area contributed by atoms with Crippen LogP contribution >= 0.6 is 0 Å². The molecule has 1 heterocycles. The van der Waals surface area contributed by atoms with Crippen molar-refractivity contribution in [1.82, 2.24) is 5.16 Å². The first-order valence-corrected chi connectivity index (χ1v) is 7.95. The molecule has 2 aromatic rings. The average Bonchev–Trinajstić information content (AvgIpc) is 2.92. The molecule has 0 aliphatic carbocycles. The molecule has 0 spiro atoms. The highest BCUT2D eigenvalue weighted by Crippen LogP contribution is 2.14. The highest BCUT2D eigenvalue weighted by atomic mass is 16.5. The Bertz CT molecular complexity index is 758. The molecule has 2 rings (SSSR count). The van der Waals surface area contributed by atoms with Crippen molar-refractivity contribution in [1.29, 1.82) is 0 Å². The van der Waals surface area contributed by atoms with Crippen molar-refractivity contribution < 1.29 is 23.6 Å². The zero-order valence-electron chi connectivity index (χ0n) is 14.4. The smallest absolute Gasteiger partial charge is 0.344 e. The molecule has 0 saturated carbocycles. The van der Waals surface area contributed by atoms with Gasteiger partial charge < -0.3 is 14.6 Å². The van der Waals surface area contributed by atoms with Gasteiger partial charge in [-0.2, -0.15) is 0 Å². The van der Waals surface area contributed by atoms with E-state index >= 15 is 0 Å². The van der Waals surface area contributed by atoms with Crippen molar-refractivity contribution in [2.24, 2.45) is 0 Å². The standard InChI is InChI=1S/C18H20N2O5/c1-4-5-16(22)19-14-8-6-13(7-9-14)15(21)10-24-18(23)17-11(2)20-25-12(17)3/h6-9H,4-5,10H2,1-3H3,(H,19,22). The molecule has 0 bridgehead atoms. The Kier molecular flexibility index (Phi) is 6.05. The Labute approximate surface area is 145 Å². The number of amides is 1. The largest absolute Gasteiger partial charge is 0.454 e. The molecule has 0 atom stereocenters. The van der Waals surface area contributed by atoms with Crippen LogP contribution in [0.25, 0.3) is 0 Å². The minimum Gasteiger partial charge on any atom is -0.454 e. The number of ketones is 1. The summed E-state index contributed by atoms with van der Waals surface area (Å²) in [5.41, 5.74) is 1.66. The van der Waals surface area contributed by atoms with Gasteiger partial charge in [0.25, 0.3) is 0 Å². The summed E-state index contributed by atoms with van der Waals surface area (Å²) in [5.74, 6) is -0.711. The van der Waals surface area contributed by atoms with E-state index in [2.05, 4.69) is 10.5 Å². The number of hydrogen-bond acceptors (Lipinski definition) is 6. The van der Waals surface area contributed by atoms with E-state index in [1.54, 1.807) is 38.1 Å². The molecular weight excluding hydrogens is 324 g/mol. The fourth-order valence-electron chi connectivity index (χ4n) is 2.25. The van der Waals surface area contributed by atoms with Crippen molar-refractivity contribution in [2.75, 3.05) is 11.9 Å². The molecule has 7 nitrogen and oxygen atoms in total. The molecule has 1 aromatic heterocycles. The van der Waals surface area contributed by atoms with Crippen LogP contribution in [0.5, 0.6) is 0 Å². The van der Waals surface area contributed by atoms with Crippen LogP contribution in [0.2, 0.25) is 0 Å². The van der Waals surface area contributed by atoms with Crippen molar-refractivity contribution in [2.45, 2.75) is 33.6 Å². The average molecular weight is 344 g/mol. The molecule has 25 heavy (non-hydrogen) atoms. The summed E-state index contributed by atoms with van der Waals surface area (Å²) in [7, 11) is 0. The van der Waals surface area contributed by atoms with Crippen LogP contribution < -0.4 is 5.32 Å². The van der Waals surface area contributed by atoms with Crippen molar-refractivity contribution in [3.8, 4) is 0 Å². The lowest BCUT2D eigenvalue weighted by Crippen LogP contribution is -2.15. The summed E-state index contributed by atoms with van der Waals surface area (Å²) in [5, 5.41) is 6.41. The lowest BCUT2D eigenvalue weighted by atomic mass is 10.1. The molecule has 1 amide bonds. The summed E-state index contributed by atoms with van der Waals surface area (Å²) in [4.78, 5) is 35.6. The van der Waals surface area contributed by atoms with E-state index in [4.69, 9.17) is 9.26 Å². The number of benzene rings is 1. The van der Waals surface area contributed by atoms with Gasteiger partial charge in [-0.05, 0) is 44.5 Å². The first kappa shape index (κ1) is 18.4. The third kappa shape index (κ3) is 4.76. The van der Waals surface area contributed by atoms with Crippen LogP contribution in [0.15, 0.2) is 28.8 Å². The molecule has 1 aromatic carbocycles. The number of rotatable bonds is 7. The number of nitrogens with zero attached hydrogens (tertiary/aromatic N) is 1. The minimum atomic E-state index is -0.645. The van der Waals surface area contributed by atoms with Crippen LogP contribution in [0, 0.1) is 13.8 Å². The third-order valence-electron chi connectivity index (χ3n) is 3.54. The summed E-state index contributed by atoms with van der Waals surface area (Å²) < 4.78 is 9.93. The Morgan fingerprint density at radius 1 is 1.16 bits per heavy atom. The summed E-state index contributed by atoms with van der Waals surface area (Å²) in [6, 6.07) is 6.43. The van der Waals surface area contributed by atoms with Crippen molar-refractivity contribution in [3.63, 3.8) is 0 Å². The van der Waals surface area contributed by atoms with Gasteiger partial charge in [0.15, 0.2) is 12.4 Å². The van der Waals surface area contributed by atoms with E-state index in [0.29, 0.717) is 29.1 Å². The first-order valence-electron chi connectivity index (χ1n) is 7.95. The van der Waals surface area contributed by atoms with Crippen LogP contribution in [0.4, 0.5) is 5.69 Å². The molecule has 0 aliphatic heterocycles. The molecule has 132 valence electrons. The predicted octanol–water partition coefficient (Wildman–Crippen LogP) is 3.07. The van der Waals surface area contributed by atoms with E-state index in [0.717, 1.165) is 6.42 Å². The van der Waals surface area contributed by atoms with Gasteiger partial charge in [0.2, 0.25) is 5.91 Å². The highest BCUT2D eigenvalue weighted by molar-refractivity contribution is 6.00. The van der Waals surface area contributed by atoms with Gasteiger partial charge in [0, 0.05) is 17.7 Å². The normalized spacial score (nSPS) is 10.4. The second-order valence-electron chi connectivity index (χ2n) is 5.57. The molecular formula is C18H20N2O5. The SMILES string of the molecule is CCCC(=O)Nc1ccc(C(=O)COC(=O)c2c(C)noc2C)cc1. The number of nitrogens with one attached hydrogen (secondary N) is 1. The van der Waals surface area contributed by atoms with Gasteiger partial charge in [-0.1, -0.05) is 12.1 Å². The fraction of sp³-hybridized carbons (Fsp3) is 0.333. The van der Waals surface area contributed by atoms with E-state index in [1.165, 1.54) is 0 Å². The lowest BCUT2D eigenvalue weighted by Gasteiger charge is -2.06. The molecule has 1 N–H and O–H groups in total. The lowest BCUT2D eigenvalue weighted by molar-refractivity contribution is -0.116. The fourth-order valence-corrected chi connectivity index (χ4v) is 2.25. The van der Waals surface area contributed by atoms with Gasteiger partial charge in [-0.3, -0.25) is 9.59 Å². The van der Waals surface area contributed by atoms with Gasteiger partial charge >= 0.3 is 5.97 Å². The quantitative estimate of drug-likeness (QED) is 0.612. The topological polar surface area (TPSA) is 98.5 Å². The van der Waals surface area contributed by atoms with Crippen LogP contribution in [-0.4, -0.2) is 29.4 Å². The van der Waals surface area contributed by atoms with Gasteiger partial charge in [0.05, 0.1) is 5.69 Å². The summed E-state index contributed by atoms with van der Waals surface area (Å²) in [6.45, 7) is 4.76. The Morgan fingerprint density at radius 3 is 2.40 bits per heavy atom. The number of Topliss-reactive ketones (excluding diaryl/α,β-unsaturated/α-hetero) is 1. The molecule has 0 unspecified atom stereocenters. The summed E-state index contributed by atoms with van der Waals surface area (Å²) in [6.07, 6.45) is 1.21. The molecule has 0 radical (unpaired) electrons. The zero-order valence-corrected chi connectivity index (χ0v) is 14.4. The Morgan fingerprint density at radius 2 is 1.84 bits per heavy atom. The minimum absolute atomic E-state index is 0.0741. The van der Waals surface area contributed by atoms with Crippen LogP contribution in [-0.2, 0) is 9.53 Å². The second-order valence-corrected chi connectivity index (χ2v) is 5.57. The molecule has 0 fully saturated rings. The van der Waals surface area contributed by atoms with Gasteiger partial charge in [0.1, 0.15) is 11.3 Å². The Hall–Kier alpha value is -2.96. The number of aromatic nitrogens is 1. The van der Waals surface area contributed by atoms with Gasteiger partial charge in [-0.15, -0.1) is 0 Å². The van der Waals surface area contributed by atoms with E-state index in [1.807, 2.05) is 6.92 Å². The number of esters is 1. The Balaban J connectivity index is 1.93. The molecule has 0 aliphatic rings. The van der Waals surface area contributed by atoms with Gasteiger partial charge in [-0.25, -0.2) is 4.79 Å². The first-order chi connectivity index (χ1) is 11.9. The predicted molar refractivity (Wildman–Crippen MR) is 90.6 cm³/mol. The number of ether oxygens (including phenoxy) is 1. The zero-order chi connectivity index (χ0) is 18.4. The van der Waals surface area contributed by atoms with E-state index < -0.39 is 5.97 Å². The number of carbonyl (C=O) groups excluding carboxylic acids is 3. The maximum absolute atomic E-state index is 12.1. The maximum atomic E-state index is 12.1. The van der Waals surface area contributed by atoms with E-state index in [-0.39, 0.29) is 23.9 Å². The molecule has 0 saturated heterocycles. The van der Waals surface area contributed by atoms with E-state index in [9.17, 15) is 14.4 Å². The van der Waals surface area contributed by atoms with Crippen molar-refractivity contribution >= 4 is 23.3 Å². The van der Waals surface area contributed by atoms with Crippen molar-refractivity contribution in [3.05, 3.63) is 46.8 Å². The van der Waals surface area contributed by atoms with Crippen LogP contribution in [0.3, 0.4) is 0 Å². The number of aryl methyl sites for hydroxylation is 2. The highest BCUT2D eigenvalue weighted by Gasteiger charge is 2.20. The monoisotopic (exact) mass is 344 g/mol. The second kappa shape index (κ2) is 8.23. The maximum Gasteiger partial charge on any atom is 0.344 e.